The molecular formula is C24H30N4OS. The number of hydrogen-bond donors (Lipinski definition) is 3. The summed E-state index contributed by atoms with van der Waals surface area (Å²) in [4.78, 5) is 10.4. The fourth-order valence-electron chi connectivity index (χ4n) is 3.39. The molecule has 0 aliphatic heterocycles. The molecule has 0 aliphatic rings. The smallest absolute Gasteiger partial charge is 0.191 e. The molecule has 0 bridgehead atoms. The molecule has 1 heterocycles. The van der Waals surface area contributed by atoms with Gasteiger partial charge in [-0.05, 0) is 31.9 Å². The number of benzene rings is 2. The molecule has 3 N–H and O–H groups in total. The Kier molecular flexibility index (Phi) is 7.60. The highest BCUT2D eigenvalue weighted by Gasteiger charge is 2.30. The van der Waals surface area contributed by atoms with Crippen molar-refractivity contribution in [2.75, 3.05) is 13.1 Å². The Morgan fingerprint density at radius 1 is 1.03 bits per heavy atom. The molecule has 6 heteroatoms. The highest BCUT2D eigenvalue weighted by atomic mass is 32.1. The summed E-state index contributed by atoms with van der Waals surface area (Å²) < 4.78 is 0. The van der Waals surface area contributed by atoms with E-state index in [1.807, 2.05) is 81.4 Å². The molecule has 0 amide bonds. The molecule has 158 valence electrons. The SMILES string of the molecule is CCNC(=NCc1sc(C)nc1C)NCC(O)(Cc1ccccc1)c1ccccc1. The quantitative estimate of drug-likeness (QED) is 0.380. The molecule has 0 saturated carbocycles. The molecule has 0 radical (unpaired) electrons. The summed E-state index contributed by atoms with van der Waals surface area (Å²) in [7, 11) is 0. The van der Waals surface area contributed by atoms with Gasteiger partial charge in [0, 0.05) is 17.8 Å². The lowest BCUT2D eigenvalue weighted by molar-refractivity contribution is 0.0414. The van der Waals surface area contributed by atoms with Crippen LogP contribution >= 0.6 is 11.3 Å². The Hall–Kier alpha value is -2.70. The maximum absolute atomic E-state index is 11.6. The Morgan fingerprint density at radius 3 is 2.30 bits per heavy atom. The minimum atomic E-state index is -1.06. The van der Waals surface area contributed by atoms with Gasteiger partial charge < -0.3 is 15.7 Å². The van der Waals surface area contributed by atoms with Crippen molar-refractivity contribution in [1.82, 2.24) is 15.6 Å². The predicted octanol–water partition coefficient (Wildman–Crippen LogP) is 3.95. The van der Waals surface area contributed by atoms with E-state index in [0.717, 1.165) is 33.3 Å². The number of thiazole rings is 1. The molecular weight excluding hydrogens is 392 g/mol. The first kappa shape index (κ1) is 22.0. The molecule has 3 aromatic rings. The van der Waals surface area contributed by atoms with E-state index in [0.29, 0.717) is 25.5 Å². The van der Waals surface area contributed by atoms with Crippen molar-refractivity contribution >= 4 is 17.3 Å². The number of hydrogen-bond acceptors (Lipinski definition) is 4. The first-order valence-corrected chi connectivity index (χ1v) is 11.1. The summed E-state index contributed by atoms with van der Waals surface area (Å²) in [6.07, 6.45) is 0.511. The van der Waals surface area contributed by atoms with Gasteiger partial charge in [0.1, 0.15) is 5.60 Å². The standard InChI is InChI=1S/C24H30N4OS/c1-4-25-23(26-16-22-18(2)28-19(3)30-22)27-17-24(29,21-13-9-6-10-14-21)15-20-11-7-5-8-12-20/h5-14,29H,4,15-17H2,1-3H3,(H2,25,26,27). The van der Waals surface area contributed by atoms with Gasteiger partial charge in [-0.3, -0.25) is 0 Å². The average molecular weight is 423 g/mol. The van der Waals surface area contributed by atoms with Crippen LogP contribution in [-0.2, 0) is 18.6 Å². The van der Waals surface area contributed by atoms with Gasteiger partial charge in [0.05, 0.1) is 23.8 Å². The Balaban J connectivity index is 1.78. The van der Waals surface area contributed by atoms with Gasteiger partial charge in [0.15, 0.2) is 5.96 Å². The van der Waals surface area contributed by atoms with E-state index >= 15 is 0 Å². The summed E-state index contributed by atoms with van der Waals surface area (Å²) in [5.74, 6) is 0.686. The van der Waals surface area contributed by atoms with Crippen LogP contribution in [0.5, 0.6) is 0 Å². The average Bonchev–Trinajstić information content (AvgIpc) is 3.08. The number of aryl methyl sites for hydroxylation is 2. The molecule has 1 unspecified atom stereocenters. The molecule has 1 aromatic heterocycles. The Bertz CT molecular complexity index is 956. The minimum Gasteiger partial charge on any atom is -0.383 e. The lowest BCUT2D eigenvalue weighted by Crippen LogP contribution is -2.46. The molecule has 1 atom stereocenters. The van der Waals surface area contributed by atoms with E-state index in [2.05, 4.69) is 15.6 Å². The van der Waals surface area contributed by atoms with Crippen molar-refractivity contribution in [2.24, 2.45) is 4.99 Å². The number of nitrogens with one attached hydrogen (secondary N) is 2. The van der Waals surface area contributed by atoms with Crippen molar-refractivity contribution in [3.8, 4) is 0 Å². The molecule has 0 aliphatic carbocycles. The number of rotatable bonds is 8. The van der Waals surface area contributed by atoms with Crippen LogP contribution in [0.2, 0.25) is 0 Å². The summed E-state index contributed by atoms with van der Waals surface area (Å²) in [5.41, 5.74) is 1.94. The van der Waals surface area contributed by atoms with Crippen LogP contribution in [0, 0.1) is 13.8 Å². The fourth-order valence-corrected chi connectivity index (χ4v) is 4.25. The third kappa shape index (κ3) is 5.90. The summed E-state index contributed by atoms with van der Waals surface area (Å²) in [6.45, 7) is 7.72. The highest BCUT2D eigenvalue weighted by Crippen LogP contribution is 2.25. The third-order valence-electron chi connectivity index (χ3n) is 4.92. The molecule has 0 saturated heterocycles. The monoisotopic (exact) mass is 422 g/mol. The third-order valence-corrected chi connectivity index (χ3v) is 5.98. The van der Waals surface area contributed by atoms with Gasteiger partial charge in [0.25, 0.3) is 0 Å². The summed E-state index contributed by atoms with van der Waals surface area (Å²) >= 11 is 1.67. The second kappa shape index (κ2) is 10.4. The van der Waals surface area contributed by atoms with E-state index in [1.165, 1.54) is 0 Å². The van der Waals surface area contributed by atoms with Gasteiger partial charge in [-0.1, -0.05) is 60.7 Å². The number of aliphatic hydroxyl groups is 1. The normalized spacial score (nSPS) is 13.7. The molecule has 3 rings (SSSR count). The first-order valence-electron chi connectivity index (χ1n) is 10.3. The van der Waals surface area contributed by atoms with Crippen LogP contribution in [-0.4, -0.2) is 29.1 Å². The van der Waals surface area contributed by atoms with Crippen LogP contribution in [0.3, 0.4) is 0 Å². The first-order chi connectivity index (χ1) is 14.5. The highest BCUT2D eigenvalue weighted by molar-refractivity contribution is 7.11. The Labute approximate surface area is 182 Å². The van der Waals surface area contributed by atoms with E-state index in [9.17, 15) is 5.11 Å². The number of guanidine groups is 1. The van der Waals surface area contributed by atoms with Crippen molar-refractivity contribution in [3.63, 3.8) is 0 Å². The van der Waals surface area contributed by atoms with Crippen molar-refractivity contribution in [3.05, 3.63) is 87.4 Å². The number of aliphatic imine (C=N–C) groups is 1. The second-order valence-corrected chi connectivity index (χ2v) is 8.64. The van der Waals surface area contributed by atoms with E-state index in [4.69, 9.17) is 4.99 Å². The van der Waals surface area contributed by atoms with Gasteiger partial charge in [-0.2, -0.15) is 0 Å². The van der Waals surface area contributed by atoms with Gasteiger partial charge in [-0.15, -0.1) is 11.3 Å². The molecule has 5 nitrogen and oxygen atoms in total. The zero-order chi connectivity index (χ0) is 21.4. The predicted molar refractivity (Wildman–Crippen MR) is 125 cm³/mol. The Morgan fingerprint density at radius 2 is 1.70 bits per heavy atom. The topological polar surface area (TPSA) is 69.5 Å². The van der Waals surface area contributed by atoms with E-state index in [1.54, 1.807) is 11.3 Å². The van der Waals surface area contributed by atoms with Crippen LogP contribution in [0.15, 0.2) is 65.7 Å². The largest absolute Gasteiger partial charge is 0.383 e. The molecule has 2 aromatic carbocycles. The lowest BCUT2D eigenvalue weighted by atomic mass is 9.87. The molecule has 0 fully saturated rings. The minimum absolute atomic E-state index is 0.346. The van der Waals surface area contributed by atoms with Crippen LogP contribution in [0.1, 0.15) is 33.6 Å². The zero-order valence-electron chi connectivity index (χ0n) is 17.9. The van der Waals surface area contributed by atoms with Crippen molar-refractivity contribution in [2.45, 2.75) is 39.3 Å². The van der Waals surface area contributed by atoms with Gasteiger partial charge in [-0.25, -0.2) is 9.98 Å². The van der Waals surface area contributed by atoms with E-state index in [-0.39, 0.29) is 0 Å². The number of nitrogens with zero attached hydrogens (tertiary/aromatic N) is 2. The van der Waals surface area contributed by atoms with Gasteiger partial charge >= 0.3 is 0 Å². The van der Waals surface area contributed by atoms with Gasteiger partial charge in [0.2, 0.25) is 0 Å². The maximum atomic E-state index is 11.6. The lowest BCUT2D eigenvalue weighted by Gasteiger charge is -2.30. The molecule has 30 heavy (non-hydrogen) atoms. The molecule has 0 spiro atoms. The van der Waals surface area contributed by atoms with Crippen LogP contribution in [0.25, 0.3) is 0 Å². The second-order valence-electron chi connectivity index (χ2n) is 7.35. The summed E-state index contributed by atoms with van der Waals surface area (Å²) in [6, 6.07) is 19.9. The zero-order valence-corrected chi connectivity index (χ0v) is 18.7. The van der Waals surface area contributed by atoms with Crippen LogP contribution in [0.4, 0.5) is 0 Å². The van der Waals surface area contributed by atoms with Crippen molar-refractivity contribution < 1.29 is 5.11 Å². The van der Waals surface area contributed by atoms with E-state index < -0.39 is 5.60 Å². The van der Waals surface area contributed by atoms with Crippen molar-refractivity contribution in [1.29, 1.82) is 0 Å². The fraction of sp³-hybridized carbons (Fsp3) is 0.333. The van der Waals surface area contributed by atoms with Crippen LogP contribution < -0.4 is 10.6 Å². The maximum Gasteiger partial charge on any atom is 0.191 e. The number of aromatic nitrogens is 1. The summed E-state index contributed by atoms with van der Waals surface area (Å²) in [5, 5.41) is 19.3.